The number of aryl methyl sites for hydroxylation is 2. The molecule has 0 bridgehead atoms. The van der Waals surface area contributed by atoms with Crippen molar-refractivity contribution in [1.82, 2.24) is 0 Å². The Morgan fingerprint density at radius 1 is 1.05 bits per heavy atom. The molecule has 2 aromatic rings. The summed E-state index contributed by atoms with van der Waals surface area (Å²) in [6.45, 7) is 4.23. The molecular weight excluding hydrogens is 268 g/mol. The van der Waals surface area contributed by atoms with Crippen molar-refractivity contribution in [3.8, 4) is 0 Å². The van der Waals surface area contributed by atoms with Gasteiger partial charge in [0.25, 0.3) is 0 Å². The van der Waals surface area contributed by atoms with Crippen LogP contribution in [-0.4, -0.2) is 11.1 Å². The normalized spacial score (nSPS) is 10.5. The number of hydrogen-bond donors (Lipinski definition) is 1. The van der Waals surface area contributed by atoms with Crippen LogP contribution in [0.25, 0.3) is 0 Å². The van der Waals surface area contributed by atoms with Crippen LogP contribution in [0.15, 0.2) is 47.4 Å². The quantitative estimate of drug-likeness (QED) is 0.836. The van der Waals surface area contributed by atoms with Gasteiger partial charge in [-0.25, -0.2) is 0 Å². The van der Waals surface area contributed by atoms with Crippen molar-refractivity contribution in [2.75, 3.05) is 0 Å². The van der Waals surface area contributed by atoms with E-state index in [1.54, 1.807) is 0 Å². The number of carboxylic acids is 1. The van der Waals surface area contributed by atoms with Gasteiger partial charge < -0.3 is 5.11 Å². The molecule has 0 unspecified atom stereocenters. The summed E-state index contributed by atoms with van der Waals surface area (Å²) in [5.41, 5.74) is 4.64. The van der Waals surface area contributed by atoms with Gasteiger partial charge in [0.1, 0.15) is 0 Å². The van der Waals surface area contributed by atoms with Gasteiger partial charge >= 0.3 is 5.97 Å². The Hall–Kier alpha value is -1.74. The van der Waals surface area contributed by atoms with Crippen molar-refractivity contribution in [2.24, 2.45) is 0 Å². The van der Waals surface area contributed by atoms with Gasteiger partial charge in [0.2, 0.25) is 0 Å². The average Bonchev–Trinajstić information content (AvgIpc) is 2.39. The number of carbonyl (C=O) groups is 1. The molecule has 0 aliphatic carbocycles. The van der Waals surface area contributed by atoms with Crippen LogP contribution >= 0.6 is 11.8 Å². The Bertz CT molecular complexity index is 603. The molecule has 0 aromatic heterocycles. The van der Waals surface area contributed by atoms with Gasteiger partial charge in [-0.15, -0.1) is 11.8 Å². The van der Waals surface area contributed by atoms with Crippen LogP contribution in [-0.2, 0) is 17.0 Å². The molecule has 104 valence electrons. The summed E-state index contributed by atoms with van der Waals surface area (Å²) in [6, 6.07) is 14.3. The Balaban J connectivity index is 1.98. The molecule has 1 N–H and O–H groups in total. The van der Waals surface area contributed by atoms with Gasteiger partial charge in [-0.05, 0) is 36.6 Å². The lowest BCUT2D eigenvalue weighted by atomic mass is 10.1. The van der Waals surface area contributed by atoms with Crippen LogP contribution in [0, 0.1) is 13.8 Å². The second kappa shape index (κ2) is 6.62. The number of carboxylic acid groups (broad SMARTS) is 1. The van der Waals surface area contributed by atoms with E-state index in [0.29, 0.717) is 0 Å². The SMILES string of the molecule is Cc1ccc(SCc2ccc(CC(=O)O)cc2)c(C)c1. The van der Waals surface area contributed by atoms with Crippen molar-refractivity contribution >= 4 is 17.7 Å². The standard InChI is InChI=1S/C17H18O2S/c1-12-3-8-16(13(2)9-12)20-11-15-6-4-14(5-7-15)10-17(18)19/h3-9H,10-11H2,1-2H3,(H,18,19). The molecule has 0 fully saturated rings. The number of rotatable bonds is 5. The molecule has 0 amide bonds. The zero-order chi connectivity index (χ0) is 14.5. The molecule has 0 heterocycles. The second-order valence-corrected chi connectivity index (χ2v) is 5.96. The van der Waals surface area contributed by atoms with Crippen LogP contribution in [0.1, 0.15) is 22.3 Å². The number of hydrogen-bond acceptors (Lipinski definition) is 2. The number of thioether (sulfide) groups is 1. The van der Waals surface area contributed by atoms with E-state index in [1.807, 2.05) is 36.0 Å². The van der Waals surface area contributed by atoms with Crippen LogP contribution in [0.5, 0.6) is 0 Å². The summed E-state index contributed by atoms with van der Waals surface area (Å²) in [6.07, 6.45) is 0.0878. The summed E-state index contributed by atoms with van der Waals surface area (Å²) in [4.78, 5) is 11.9. The van der Waals surface area contributed by atoms with Crippen molar-refractivity contribution in [3.63, 3.8) is 0 Å². The minimum Gasteiger partial charge on any atom is -0.481 e. The Morgan fingerprint density at radius 2 is 1.70 bits per heavy atom. The summed E-state index contributed by atoms with van der Waals surface area (Å²) >= 11 is 1.81. The minimum atomic E-state index is -0.789. The molecule has 0 aliphatic rings. The third-order valence-corrected chi connectivity index (χ3v) is 4.35. The predicted molar refractivity (Wildman–Crippen MR) is 83.3 cm³/mol. The van der Waals surface area contributed by atoms with E-state index in [9.17, 15) is 4.79 Å². The molecule has 2 nitrogen and oxygen atoms in total. The molecule has 0 saturated carbocycles. The first-order valence-electron chi connectivity index (χ1n) is 6.54. The van der Waals surface area contributed by atoms with Crippen molar-refractivity contribution in [1.29, 1.82) is 0 Å². The van der Waals surface area contributed by atoms with Crippen LogP contribution in [0.4, 0.5) is 0 Å². The molecule has 20 heavy (non-hydrogen) atoms. The Labute approximate surface area is 123 Å². The zero-order valence-corrected chi connectivity index (χ0v) is 12.5. The first kappa shape index (κ1) is 14.7. The molecule has 0 radical (unpaired) electrons. The lowest BCUT2D eigenvalue weighted by Crippen LogP contribution is -1.99. The van der Waals surface area contributed by atoms with E-state index >= 15 is 0 Å². The first-order valence-corrected chi connectivity index (χ1v) is 7.53. The predicted octanol–water partition coefficient (Wildman–Crippen LogP) is 4.22. The van der Waals surface area contributed by atoms with Gasteiger partial charge in [-0.2, -0.15) is 0 Å². The Kier molecular flexibility index (Phi) is 4.85. The van der Waals surface area contributed by atoms with Crippen molar-refractivity contribution in [2.45, 2.75) is 30.9 Å². The molecule has 2 rings (SSSR count). The summed E-state index contributed by atoms with van der Waals surface area (Å²) in [5.74, 6) is 0.111. The first-order chi connectivity index (χ1) is 9.54. The van der Waals surface area contributed by atoms with E-state index in [0.717, 1.165) is 11.3 Å². The van der Waals surface area contributed by atoms with E-state index in [4.69, 9.17) is 5.11 Å². The highest BCUT2D eigenvalue weighted by Crippen LogP contribution is 2.26. The molecule has 0 saturated heterocycles. The summed E-state index contributed by atoms with van der Waals surface area (Å²) in [7, 11) is 0. The zero-order valence-electron chi connectivity index (χ0n) is 11.7. The fourth-order valence-corrected chi connectivity index (χ4v) is 3.02. The smallest absolute Gasteiger partial charge is 0.307 e. The highest BCUT2D eigenvalue weighted by molar-refractivity contribution is 7.98. The van der Waals surface area contributed by atoms with Crippen LogP contribution in [0.2, 0.25) is 0 Å². The highest BCUT2D eigenvalue weighted by atomic mass is 32.2. The minimum absolute atomic E-state index is 0.0878. The van der Waals surface area contributed by atoms with Gasteiger partial charge in [0.15, 0.2) is 0 Å². The topological polar surface area (TPSA) is 37.3 Å². The molecule has 2 aromatic carbocycles. The fraction of sp³-hybridized carbons (Fsp3) is 0.235. The lowest BCUT2D eigenvalue weighted by molar-refractivity contribution is -0.136. The maximum atomic E-state index is 10.6. The third kappa shape index (κ3) is 4.14. The van der Waals surface area contributed by atoms with E-state index in [2.05, 4.69) is 32.0 Å². The third-order valence-electron chi connectivity index (χ3n) is 3.10. The van der Waals surface area contributed by atoms with Gasteiger partial charge in [-0.1, -0.05) is 42.0 Å². The van der Waals surface area contributed by atoms with Gasteiger partial charge in [-0.3, -0.25) is 4.79 Å². The average molecular weight is 286 g/mol. The fourth-order valence-electron chi connectivity index (χ4n) is 2.05. The lowest BCUT2D eigenvalue weighted by Gasteiger charge is -2.07. The molecule has 0 atom stereocenters. The molecule has 3 heteroatoms. The number of aliphatic carboxylic acids is 1. The molecular formula is C17H18O2S. The molecule has 0 spiro atoms. The van der Waals surface area contributed by atoms with Gasteiger partial charge in [0, 0.05) is 10.6 Å². The summed E-state index contributed by atoms with van der Waals surface area (Å²) in [5, 5.41) is 8.74. The van der Waals surface area contributed by atoms with E-state index in [-0.39, 0.29) is 6.42 Å². The highest BCUT2D eigenvalue weighted by Gasteiger charge is 2.03. The maximum Gasteiger partial charge on any atom is 0.307 e. The van der Waals surface area contributed by atoms with Crippen LogP contribution in [0.3, 0.4) is 0 Å². The number of benzene rings is 2. The van der Waals surface area contributed by atoms with Crippen molar-refractivity contribution < 1.29 is 9.90 Å². The van der Waals surface area contributed by atoms with Crippen molar-refractivity contribution in [3.05, 3.63) is 64.7 Å². The molecule has 0 aliphatic heterocycles. The van der Waals surface area contributed by atoms with E-state index in [1.165, 1.54) is 21.6 Å². The monoisotopic (exact) mass is 286 g/mol. The van der Waals surface area contributed by atoms with E-state index < -0.39 is 5.97 Å². The summed E-state index contributed by atoms with van der Waals surface area (Å²) < 4.78 is 0. The second-order valence-electron chi connectivity index (χ2n) is 4.94. The van der Waals surface area contributed by atoms with Gasteiger partial charge in [0.05, 0.1) is 6.42 Å². The Morgan fingerprint density at radius 3 is 2.30 bits per heavy atom. The largest absolute Gasteiger partial charge is 0.481 e. The maximum absolute atomic E-state index is 10.6. The van der Waals surface area contributed by atoms with Crippen LogP contribution < -0.4 is 0 Å².